The van der Waals surface area contributed by atoms with Crippen LogP contribution in [0.3, 0.4) is 0 Å². The minimum atomic E-state index is -0.202. The summed E-state index contributed by atoms with van der Waals surface area (Å²) in [7, 11) is 1.62. The molecular weight excluding hydrogens is 370 g/mol. The molecule has 1 aliphatic rings. The molecule has 148 valence electrons. The summed E-state index contributed by atoms with van der Waals surface area (Å²) >= 11 is 0. The number of nitrogens with zero attached hydrogens (tertiary/aromatic N) is 3. The molecule has 3 rings (SSSR count). The molecule has 9 heteroatoms. The van der Waals surface area contributed by atoms with Crippen molar-refractivity contribution in [3.63, 3.8) is 0 Å². The highest BCUT2D eigenvalue weighted by Gasteiger charge is 2.18. The summed E-state index contributed by atoms with van der Waals surface area (Å²) < 4.78 is 12.6. The molecule has 27 heavy (non-hydrogen) atoms. The first kappa shape index (κ1) is 21.0. The number of piperidine rings is 1. The quantitative estimate of drug-likeness (QED) is 0.663. The van der Waals surface area contributed by atoms with Gasteiger partial charge in [-0.2, -0.15) is 0 Å². The fourth-order valence-corrected chi connectivity index (χ4v) is 2.88. The van der Waals surface area contributed by atoms with E-state index in [1.165, 1.54) is 0 Å². The number of halogens is 1. The van der Waals surface area contributed by atoms with Crippen LogP contribution in [-0.2, 0) is 0 Å². The van der Waals surface area contributed by atoms with E-state index in [1.54, 1.807) is 13.3 Å². The van der Waals surface area contributed by atoms with E-state index in [0.29, 0.717) is 31.3 Å². The first-order valence-corrected chi connectivity index (χ1v) is 8.94. The summed E-state index contributed by atoms with van der Waals surface area (Å²) in [5.74, 6) is 1.31. The average Bonchev–Trinajstić information content (AvgIpc) is 3.19. The molecule has 1 aliphatic heterocycles. The smallest absolute Gasteiger partial charge is 0.273 e. The first-order valence-electron chi connectivity index (χ1n) is 8.94. The molecule has 1 amide bonds. The minimum absolute atomic E-state index is 0. The molecule has 0 unspecified atom stereocenters. The number of nitrogens with one attached hydrogen (secondary N) is 2. The lowest BCUT2D eigenvalue weighted by atomic mass is 10.1. The van der Waals surface area contributed by atoms with Crippen LogP contribution in [-0.4, -0.2) is 54.3 Å². The standard InChI is InChI=1S/C18H25N5O3.ClH/c1-25-15-4-2-5-16(12-15)26-11-3-8-20-18(24)17-13-23(22-21-17)14-6-9-19-10-7-14;/h2,4-5,12-14,19H,3,6-11H2,1H3,(H,20,24);1H. The Balaban J connectivity index is 0.00000261. The fourth-order valence-electron chi connectivity index (χ4n) is 2.88. The zero-order valence-corrected chi connectivity index (χ0v) is 16.2. The maximum atomic E-state index is 12.2. The molecule has 0 aliphatic carbocycles. The Morgan fingerprint density at radius 3 is 2.89 bits per heavy atom. The maximum Gasteiger partial charge on any atom is 0.273 e. The van der Waals surface area contributed by atoms with Gasteiger partial charge in [-0.25, -0.2) is 4.68 Å². The van der Waals surface area contributed by atoms with Gasteiger partial charge < -0.3 is 20.1 Å². The van der Waals surface area contributed by atoms with Crippen molar-refractivity contribution in [3.8, 4) is 11.5 Å². The lowest BCUT2D eigenvalue weighted by molar-refractivity contribution is 0.0946. The van der Waals surface area contributed by atoms with Crippen molar-refractivity contribution in [2.45, 2.75) is 25.3 Å². The third-order valence-electron chi connectivity index (χ3n) is 4.34. The minimum Gasteiger partial charge on any atom is -0.497 e. The van der Waals surface area contributed by atoms with Crippen LogP contribution in [0.25, 0.3) is 0 Å². The first-order chi connectivity index (χ1) is 12.8. The Kier molecular flexibility index (Phi) is 8.35. The van der Waals surface area contributed by atoms with Gasteiger partial charge in [-0.3, -0.25) is 4.79 Å². The lowest BCUT2D eigenvalue weighted by Crippen LogP contribution is -2.29. The normalized spacial score (nSPS) is 14.3. The molecule has 0 radical (unpaired) electrons. The van der Waals surface area contributed by atoms with E-state index < -0.39 is 0 Å². The van der Waals surface area contributed by atoms with Crippen LogP contribution in [0.2, 0.25) is 0 Å². The Labute approximate surface area is 165 Å². The van der Waals surface area contributed by atoms with E-state index in [-0.39, 0.29) is 18.3 Å². The molecule has 2 heterocycles. The van der Waals surface area contributed by atoms with Crippen LogP contribution in [0, 0.1) is 0 Å². The van der Waals surface area contributed by atoms with Gasteiger partial charge in [0.25, 0.3) is 5.91 Å². The molecule has 0 bridgehead atoms. The molecule has 0 saturated carbocycles. The number of carbonyl (C=O) groups is 1. The van der Waals surface area contributed by atoms with Crippen molar-refractivity contribution in [1.29, 1.82) is 0 Å². The number of hydrogen-bond donors (Lipinski definition) is 2. The van der Waals surface area contributed by atoms with Crippen LogP contribution in [0.5, 0.6) is 11.5 Å². The highest BCUT2D eigenvalue weighted by molar-refractivity contribution is 5.91. The number of benzene rings is 1. The van der Waals surface area contributed by atoms with E-state index >= 15 is 0 Å². The molecule has 8 nitrogen and oxygen atoms in total. The average molecular weight is 396 g/mol. The second-order valence-corrected chi connectivity index (χ2v) is 6.20. The van der Waals surface area contributed by atoms with Crippen LogP contribution in [0.1, 0.15) is 35.8 Å². The van der Waals surface area contributed by atoms with Gasteiger partial charge in [0.15, 0.2) is 5.69 Å². The van der Waals surface area contributed by atoms with Crippen LogP contribution >= 0.6 is 12.4 Å². The van der Waals surface area contributed by atoms with Crippen LogP contribution in [0.15, 0.2) is 30.5 Å². The second kappa shape index (κ2) is 10.7. The third kappa shape index (κ3) is 6.11. The van der Waals surface area contributed by atoms with Crippen molar-refractivity contribution < 1.29 is 14.3 Å². The Hall–Kier alpha value is -2.32. The lowest BCUT2D eigenvalue weighted by Gasteiger charge is -2.22. The maximum absolute atomic E-state index is 12.2. The predicted octanol–water partition coefficient (Wildman–Crippen LogP) is 1.83. The monoisotopic (exact) mass is 395 g/mol. The van der Waals surface area contributed by atoms with Gasteiger partial charge in [0.2, 0.25) is 0 Å². The Morgan fingerprint density at radius 2 is 2.11 bits per heavy atom. The number of aromatic nitrogens is 3. The zero-order chi connectivity index (χ0) is 18.2. The van der Waals surface area contributed by atoms with Gasteiger partial charge in [-0.15, -0.1) is 17.5 Å². The SMILES string of the molecule is COc1cccc(OCCCNC(=O)c2cn(C3CCNCC3)nn2)c1.Cl. The number of hydrogen-bond acceptors (Lipinski definition) is 6. The van der Waals surface area contributed by atoms with Crippen LogP contribution < -0.4 is 20.1 Å². The molecule has 1 aromatic carbocycles. The molecule has 1 fully saturated rings. The molecule has 1 saturated heterocycles. The number of methoxy groups -OCH3 is 1. The zero-order valence-electron chi connectivity index (χ0n) is 15.4. The van der Waals surface area contributed by atoms with Gasteiger partial charge in [0, 0.05) is 12.6 Å². The summed E-state index contributed by atoms with van der Waals surface area (Å²) in [5, 5.41) is 14.3. The van der Waals surface area contributed by atoms with Crippen molar-refractivity contribution >= 4 is 18.3 Å². The summed E-state index contributed by atoms with van der Waals surface area (Å²) in [4.78, 5) is 12.2. The Bertz CT molecular complexity index is 719. The molecule has 0 spiro atoms. The van der Waals surface area contributed by atoms with E-state index in [1.807, 2.05) is 28.9 Å². The predicted molar refractivity (Wildman–Crippen MR) is 104 cm³/mol. The molecule has 0 atom stereocenters. The highest BCUT2D eigenvalue weighted by atomic mass is 35.5. The summed E-state index contributed by atoms with van der Waals surface area (Å²) in [5.41, 5.74) is 0.359. The third-order valence-corrected chi connectivity index (χ3v) is 4.34. The number of ether oxygens (including phenoxy) is 2. The van der Waals surface area contributed by atoms with Gasteiger partial charge in [0.05, 0.1) is 26.0 Å². The highest BCUT2D eigenvalue weighted by Crippen LogP contribution is 2.19. The van der Waals surface area contributed by atoms with Crippen molar-refractivity contribution in [3.05, 3.63) is 36.2 Å². The van der Waals surface area contributed by atoms with Crippen molar-refractivity contribution in [1.82, 2.24) is 25.6 Å². The second-order valence-electron chi connectivity index (χ2n) is 6.20. The molecule has 2 aromatic rings. The summed E-state index contributed by atoms with van der Waals surface area (Å²) in [6.45, 7) is 2.97. The Morgan fingerprint density at radius 1 is 1.33 bits per heavy atom. The van der Waals surface area contributed by atoms with Gasteiger partial charge >= 0.3 is 0 Å². The number of carbonyl (C=O) groups excluding carboxylic acids is 1. The van der Waals surface area contributed by atoms with Crippen molar-refractivity contribution in [2.75, 3.05) is 33.4 Å². The van der Waals surface area contributed by atoms with E-state index in [2.05, 4.69) is 20.9 Å². The largest absolute Gasteiger partial charge is 0.497 e. The summed E-state index contributed by atoms with van der Waals surface area (Å²) in [6.07, 6.45) is 4.45. The molecular formula is C18H26ClN5O3. The molecule has 1 aromatic heterocycles. The van der Waals surface area contributed by atoms with E-state index in [4.69, 9.17) is 9.47 Å². The van der Waals surface area contributed by atoms with Gasteiger partial charge in [-0.1, -0.05) is 11.3 Å². The number of amides is 1. The van der Waals surface area contributed by atoms with Gasteiger partial charge in [0.1, 0.15) is 11.5 Å². The topological polar surface area (TPSA) is 90.3 Å². The fraction of sp³-hybridized carbons (Fsp3) is 0.500. The van der Waals surface area contributed by atoms with E-state index in [9.17, 15) is 4.79 Å². The number of rotatable bonds is 8. The van der Waals surface area contributed by atoms with Crippen molar-refractivity contribution in [2.24, 2.45) is 0 Å². The van der Waals surface area contributed by atoms with E-state index in [0.717, 1.165) is 37.4 Å². The van der Waals surface area contributed by atoms with Crippen LogP contribution in [0.4, 0.5) is 0 Å². The molecule has 2 N–H and O–H groups in total. The van der Waals surface area contributed by atoms with Gasteiger partial charge in [-0.05, 0) is 44.5 Å². The summed E-state index contributed by atoms with van der Waals surface area (Å²) in [6, 6.07) is 7.77.